The monoisotopic (exact) mass is 966 g/mol. The zero-order valence-corrected chi connectivity index (χ0v) is 41.8. The van der Waals surface area contributed by atoms with Crippen molar-refractivity contribution in [1.82, 2.24) is 0 Å². The molecule has 0 saturated heterocycles. The predicted molar refractivity (Wildman–Crippen MR) is 315 cm³/mol. The van der Waals surface area contributed by atoms with E-state index >= 15 is 0 Å². The number of fused-ring (bicyclic) bond motifs is 12. The first-order valence-electron chi connectivity index (χ1n) is 26.4. The Labute approximate surface area is 444 Å². The molecule has 0 atom stereocenters. The molecule has 1 aliphatic heterocycles. The maximum Gasteiger partial charge on any atom is 0.0755 e. The minimum absolute atomic E-state index is 0.562. The van der Waals surface area contributed by atoms with E-state index in [1.165, 1.54) is 100 Å². The van der Waals surface area contributed by atoms with Crippen LogP contribution in [0.15, 0.2) is 303 Å². The molecule has 0 fully saturated rings. The lowest BCUT2D eigenvalue weighted by Gasteiger charge is -2.45. The molecule has 0 amide bonds. The lowest BCUT2D eigenvalue weighted by Crippen LogP contribution is -2.36. The number of benzene rings is 12. The van der Waals surface area contributed by atoms with Crippen LogP contribution in [0.4, 0.5) is 34.1 Å². The number of anilines is 6. The number of hydrogen-bond acceptors (Lipinski definition) is 2. The van der Waals surface area contributed by atoms with Crippen LogP contribution in [0.5, 0.6) is 0 Å². The number of para-hydroxylation sites is 3. The Morgan fingerprint density at radius 2 is 0.618 bits per heavy atom. The van der Waals surface area contributed by atoms with Gasteiger partial charge in [0.2, 0.25) is 0 Å². The van der Waals surface area contributed by atoms with E-state index in [2.05, 4.69) is 313 Å². The van der Waals surface area contributed by atoms with Gasteiger partial charge in [-0.15, -0.1) is 0 Å². The number of hydrogen-bond donors (Lipinski definition) is 0. The van der Waals surface area contributed by atoms with Gasteiger partial charge >= 0.3 is 0 Å². The van der Waals surface area contributed by atoms with Crippen molar-refractivity contribution in [2.24, 2.45) is 0 Å². The fraction of sp³-hybridized carbons (Fsp3) is 0.0270. The molecule has 0 bridgehead atoms. The van der Waals surface area contributed by atoms with Crippen LogP contribution in [-0.2, 0) is 10.8 Å². The molecule has 76 heavy (non-hydrogen) atoms. The first-order chi connectivity index (χ1) is 37.7. The van der Waals surface area contributed by atoms with Crippen LogP contribution >= 0.6 is 0 Å². The molecule has 0 saturated carbocycles. The summed E-state index contributed by atoms with van der Waals surface area (Å²) >= 11 is 0. The van der Waals surface area contributed by atoms with Gasteiger partial charge < -0.3 is 9.80 Å². The molecule has 15 rings (SSSR count). The SMILES string of the molecule is c1ccc(-c2cccc(-c3ccc(N(c4ccc5c(c4)C(c4ccccc4)(c4ccccc4)c4ccccc4-5)c4ccc5c(c4)C4(c6ccccc6-5)c5ccccc5N(c5ccccc5)c5ccccc54)cc3)c2)cc1. The van der Waals surface area contributed by atoms with Crippen LogP contribution in [0.3, 0.4) is 0 Å². The van der Waals surface area contributed by atoms with E-state index in [1.807, 2.05) is 0 Å². The number of rotatable bonds is 8. The number of nitrogens with zero attached hydrogens (tertiary/aromatic N) is 2. The average Bonchev–Trinajstić information content (AvgIpc) is 4.19. The third-order valence-electron chi connectivity index (χ3n) is 16.5. The second-order valence-corrected chi connectivity index (χ2v) is 20.3. The van der Waals surface area contributed by atoms with Crippen molar-refractivity contribution < 1.29 is 0 Å². The highest BCUT2D eigenvalue weighted by molar-refractivity contribution is 5.98. The molecule has 12 aromatic carbocycles. The highest BCUT2D eigenvalue weighted by Gasteiger charge is 2.52. The average molecular weight is 967 g/mol. The quantitative estimate of drug-likeness (QED) is 0.150. The summed E-state index contributed by atoms with van der Waals surface area (Å²) in [6, 6.07) is 113. The third-order valence-corrected chi connectivity index (χ3v) is 16.5. The normalized spacial score (nSPS) is 13.7. The van der Waals surface area contributed by atoms with Gasteiger partial charge in [-0.2, -0.15) is 0 Å². The smallest absolute Gasteiger partial charge is 0.0755 e. The van der Waals surface area contributed by atoms with Crippen LogP contribution in [0.2, 0.25) is 0 Å². The Morgan fingerprint density at radius 3 is 1.16 bits per heavy atom. The molecule has 2 nitrogen and oxygen atoms in total. The third kappa shape index (κ3) is 6.41. The van der Waals surface area contributed by atoms with Gasteiger partial charge in [0.1, 0.15) is 0 Å². The minimum atomic E-state index is -0.616. The zero-order valence-electron chi connectivity index (χ0n) is 41.8. The largest absolute Gasteiger partial charge is 0.310 e. The molecular formula is C74H50N2. The van der Waals surface area contributed by atoms with Gasteiger partial charge in [-0.3, -0.25) is 0 Å². The van der Waals surface area contributed by atoms with Crippen molar-refractivity contribution in [3.63, 3.8) is 0 Å². The Bertz CT molecular complexity index is 4080. The Balaban J connectivity index is 0.974. The molecule has 0 N–H and O–H groups in total. The lowest BCUT2D eigenvalue weighted by molar-refractivity contribution is 0.752. The maximum absolute atomic E-state index is 2.52. The van der Waals surface area contributed by atoms with Crippen LogP contribution in [0.1, 0.15) is 44.5 Å². The van der Waals surface area contributed by atoms with Crippen molar-refractivity contribution in [3.8, 4) is 44.5 Å². The van der Waals surface area contributed by atoms with Crippen LogP contribution in [-0.4, -0.2) is 0 Å². The summed E-state index contributed by atoms with van der Waals surface area (Å²) in [5.74, 6) is 0. The zero-order chi connectivity index (χ0) is 50.2. The van der Waals surface area contributed by atoms with Gasteiger partial charge in [0.05, 0.1) is 22.2 Å². The minimum Gasteiger partial charge on any atom is -0.310 e. The lowest BCUT2D eigenvalue weighted by atomic mass is 9.64. The summed E-state index contributed by atoms with van der Waals surface area (Å²) in [5, 5.41) is 0. The summed E-state index contributed by atoms with van der Waals surface area (Å²) in [6.07, 6.45) is 0. The summed E-state index contributed by atoms with van der Waals surface area (Å²) in [5.41, 5.74) is 25.5. The molecule has 0 radical (unpaired) electrons. The molecule has 3 aliphatic rings. The van der Waals surface area contributed by atoms with E-state index in [0.29, 0.717) is 0 Å². The molecular weight excluding hydrogens is 917 g/mol. The fourth-order valence-electron chi connectivity index (χ4n) is 13.4. The van der Waals surface area contributed by atoms with Crippen LogP contribution in [0, 0.1) is 0 Å². The molecule has 1 heterocycles. The Morgan fingerprint density at radius 1 is 0.237 bits per heavy atom. The van der Waals surface area contributed by atoms with E-state index in [1.54, 1.807) is 0 Å². The second-order valence-electron chi connectivity index (χ2n) is 20.3. The van der Waals surface area contributed by atoms with Crippen molar-refractivity contribution in [2.45, 2.75) is 10.8 Å². The molecule has 2 heteroatoms. The molecule has 2 aliphatic carbocycles. The first kappa shape index (κ1) is 43.8. The topological polar surface area (TPSA) is 6.48 Å². The molecule has 0 aromatic heterocycles. The standard InChI is InChI=1S/C74H50N2/c1-5-22-51(23-6-1)53-24-21-25-54(48-53)52-40-42-58(43-41-52)75(59-44-46-63-61-32-13-15-34-65(61)73(69(63)49-59,55-26-7-2-8-27-55)56-28-9-3-10-29-56)60-45-47-64-62-33-14-16-35-66(62)74(70(64)50-60)67-36-17-19-38-71(67)76(57-30-11-4-12-31-57)72-39-20-18-37-68(72)74/h1-50H. The van der Waals surface area contributed by atoms with Gasteiger partial charge in [0.25, 0.3) is 0 Å². The molecule has 12 aromatic rings. The van der Waals surface area contributed by atoms with E-state index in [9.17, 15) is 0 Å². The summed E-state index contributed by atoms with van der Waals surface area (Å²) in [7, 11) is 0. The van der Waals surface area contributed by atoms with E-state index in [0.717, 1.165) is 22.7 Å². The van der Waals surface area contributed by atoms with E-state index < -0.39 is 10.8 Å². The van der Waals surface area contributed by atoms with Gasteiger partial charge in [-0.1, -0.05) is 237 Å². The van der Waals surface area contributed by atoms with Crippen LogP contribution in [0.25, 0.3) is 44.5 Å². The van der Waals surface area contributed by atoms with E-state index in [-0.39, 0.29) is 0 Å². The van der Waals surface area contributed by atoms with Crippen molar-refractivity contribution in [2.75, 3.05) is 9.80 Å². The summed E-state index contributed by atoms with van der Waals surface area (Å²) in [4.78, 5) is 4.96. The molecule has 1 spiro atoms. The predicted octanol–water partition coefficient (Wildman–Crippen LogP) is 19.0. The van der Waals surface area contributed by atoms with Crippen molar-refractivity contribution in [3.05, 3.63) is 348 Å². The maximum atomic E-state index is 2.52. The van der Waals surface area contributed by atoms with Crippen LogP contribution < -0.4 is 9.80 Å². The molecule has 0 unspecified atom stereocenters. The van der Waals surface area contributed by atoms with Gasteiger partial charge in [-0.05, 0) is 156 Å². The van der Waals surface area contributed by atoms with Gasteiger partial charge in [0, 0.05) is 22.7 Å². The Hall–Kier alpha value is -9.76. The van der Waals surface area contributed by atoms with Gasteiger partial charge in [0.15, 0.2) is 0 Å². The Kier molecular flexibility index (Phi) is 10.0. The van der Waals surface area contributed by atoms with E-state index in [4.69, 9.17) is 0 Å². The summed E-state index contributed by atoms with van der Waals surface area (Å²) in [6.45, 7) is 0. The summed E-state index contributed by atoms with van der Waals surface area (Å²) < 4.78 is 0. The first-order valence-corrected chi connectivity index (χ1v) is 26.4. The van der Waals surface area contributed by atoms with Gasteiger partial charge in [-0.25, -0.2) is 0 Å². The highest BCUT2D eigenvalue weighted by atomic mass is 15.2. The molecule has 356 valence electrons. The fourth-order valence-corrected chi connectivity index (χ4v) is 13.4. The highest BCUT2D eigenvalue weighted by Crippen LogP contribution is 2.64. The van der Waals surface area contributed by atoms with Crippen molar-refractivity contribution >= 4 is 34.1 Å². The van der Waals surface area contributed by atoms with Crippen molar-refractivity contribution in [1.29, 1.82) is 0 Å². The second kappa shape index (κ2) is 17.4.